The molecule has 2 nitrogen and oxygen atoms in total. The standard InChI is InChI=1S/C10H11BrClNO/c11-9-2-1-7(5-10(9)12)14-8-3-6(13)4-8/h1-2,5-6,8H,3-4,13H2/t6-,8-. The molecule has 0 unspecified atom stereocenters. The highest BCUT2D eigenvalue weighted by atomic mass is 79.9. The average molecular weight is 277 g/mol. The largest absolute Gasteiger partial charge is 0.490 e. The summed E-state index contributed by atoms with van der Waals surface area (Å²) in [6, 6.07) is 5.91. The van der Waals surface area contributed by atoms with E-state index in [1.165, 1.54) is 0 Å². The van der Waals surface area contributed by atoms with Gasteiger partial charge in [0.1, 0.15) is 11.9 Å². The van der Waals surface area contributed by atoms with Gasteiger partial charge in [-0.05, 0) is 47.0 Å². The Balaban J connectivity index is 2.00. The lowest BCUT2D eigenvalue weighted by Crippen LogP contribution is -2.43. The number of hydrogen-bond acceptors (Lipinski definition) is 2. The van der Waals surface area contributed by atoms with E-state index in [0.29, 0.717) is 11.1 Å². The zero-order valence-electron chi connectivity index (χ0n) is 7.54. The van der Waals surface area contributed by atoms with Gasteiger partial charge in [-0.3, -0.25) is 0 Å². The molecule has 1 aromatic carbocycles. The molecular formula is C10H11BrClNO. The second-order valence-corrected chi connectivity index (χ2v) is 4.81. The van der Waals surface area contributed by atoms with Gasteiger partial charge in [0, 0.05) is 10.5 Å². The first-order valence-electron chi connectivity index (χ1n) is 4.52. The SMILES string of the molecule is N[C@H]1C[C@H](Oc2ccc(Br)c(Cl)c2)C1. The van der Waals surface area contributed by atoms with Crippen molar-refractivity contribution in [3.63, 3.8) is 0 Å². The molecule has 76 valence electrons. The molecule has 1 aromatic rings. The highest BCUT2D eigenvalue weighted by Gasteiger charge is 2.27. The zero-order chi connectivity index (χ0) is 10.1. The van der Waals surface area contributed by atoms with Crippen LogP contribution in [0.3, 0.4) is 0 Å². The van der Waals surface area contributed by atoms with Gasteiger partial charge in [0.25, 0.3) is 0 Å². The summed E-state index contributed by atoms with van der Waals surface area (Å²) in [5.74, 6) is 0.815. The summed E-state index contributed by atoms with van der Waals surface area (Å²) in [6.07, 6.45) is 2.14. The minimum atomic E-state index is 0.266. The fraction of sp³-hybridized carbons (Fsp3) is 0.400. The minimum Gasteiger partial charge on any atom is -0.490 e. The second kappa shape index (κ2) is 4.09. The lowest BCUT2D eigenvalue weighted by Gasteiger charge is -2.32. The van der Waals surface area contributed by atoms with Gasteiger partial charge in [-0.1, -0.05) is 11.6 Å². The average Bonchev–Trinajstić information content (AvgIpc) is 2.09. The van der Waals surface area contributed by atoms with Crippen molar-refractivity contribution in [2.45, 2.75) is 25.0 Å². The van der Waals surface area contributed by atoms with E-state index in [1.807, 2.05) is 18.2 Å². The molecule has 1 aliphatic carbocycles. The van der Waals surface area contributed by atoms with Crippen LogP contribution in [0.25, 0.3) is 0 Å². The summed E-state index contributed by atoms with van der Waals surface area (Å²) in [6.45, 7) is 0. The maximum absolute atomic E-state index is 5.94. The molecule has 2 N–H and O–H groups in total. The van der Waals surface area contributed by atoms with E-state index in [1.54, 1.807) is 0 Å². The molecule has 4 heteroatoms. The van der Waals surface area contributed by atoms with Crippen LogP contribution in [-0.4, -0.2) is 12.1 Å². The van der Waals surface area contributed by atoms with E-state index in [-0.39, 0.29) is 6.10 Å². The third-order valence-electron chi connectivity index (χ3n) is 2.33. The summed E-state index contributed by atoms with van der Waals surface area (Å²) >= 11 is 9.26. The van der Waals surface area contributed by atoms with Crippen molar-refractivity contribution >= 4 is 27.5 Å². The highest BCUT2D eigenvalue weighted by Crippen LogP contribution is 2.30. The maximum Gasteiger partial charge on any atom is 0.121 e. The van der Waals surface area contributed by atoms with E-state index in [9.17, 15) is 0 Å². The van der Waals surface area contributed by atoms with E-state index < -0.39 is 0 Å². The molecule has 0 heterocycles. The first kappa shape index (κ1) is 10.3. The maximum atomic E-state index is 5.94. The van der Waals surface area contributed by atoms with Crippen molar-refractivity contribution in [3.8, 4) is 5.75 Å². The van der Waals surface area contributed by atoms with Crippen LogP contribution < -0.4 is 10.5 Å². The molecule has 0 saturated heterocycles. The van der Waals surface area contributed by atoms with Crippen LogP contribution >= 0.6 is 27.5 Å². The first-order valence-corrected chi connectivity index (χ1v) is 5.69. The molecule has 14 heavy (non-hydrogen) atoms. The molecule has 0 aromatic heterocycles. The number of ether oxygens (including phenoxy) is 1. The molecule has 0 spiro atoms. The lowest BCUT2D eigenvalue weighted by molar-refractivity contribution is 0.101. The van der Waals surface area contributed by atoms with Crippen LogP contribution in [0.15, 0.2) is 22.7 Å². The summed E-state index contributed by atoms with van der Waals surface area (Å²) in [4.78, 5) is 0. The Hall–Kier alpha value is -0.250. The molecule has 0 radical (unpaired) electrons. The molecule has 2 rings (SSSR count). The van der Waals surface area contributed by atoms with Gasteiger partial charge in [0.05, 0.1) is 5.02 Å². The predicted molar refractivity (Wildman–Crippen MR) is 60.8 cm³/mol. The number of nitrogens with two attached hydrogens (primary N) is 1. The monoisotopic (exact) mass is 275 g/mol. The van der Waals surface area contributed by atoms with Crippen molar-refractivity contribution < 1.29 is 4.74 Å². The van der Waals surface area contributed by atoms with Crippen LogP contribution in [0.1, 0.15) is 12.8 Å². The van der Waals surface area contributed by atoms with Crippen molar-refractivity contribution in [2.75, 3.05) is 0 Å². The number of halogens is 2. The van der Waals surface area contributed by atoms with Gasteiger partial charge >= 0.3 is 0 Å². The van der Waals surface area contributed by atoms with E-state index in [4.69, 9.17) is 22.1 Å². The molecule has 0 atom stereocenters. The van der Waals surface area contributed by atoms with E-state index in [0.717, 1.165) is 23.1 Å². The Bertz CT molecular complexity index is 339. The Morgan fingerprint density at radius 2 is 2.14 bits per heavy atom. The third kappa shape index (κ3) is 2.22. The molecule has 0 bridgehead atoms. The smallest absolute Gasteiger partial charge is 0.121 e. The predicted octanol–water partition coefficient (Wildman–Crippen LogP) is 2.97. The van der Waals surface area contributed by atoms with E-state index in [2.05, 4.69) is 15.9 Å². The van der Waals surface area contributed by atoms with Crippen LogP contribution in [0.2, 0.25) is 5.02 Å². The van der Waals surface area contributed by atoms with Crippen LogP contribution in [0.4, 0.5) is 0 Å². The Morgan fingerprint density at radius 1 is 1.43 bits per heavy atom. The summed E-state index contributed by atoms with van der Waals surface area (Å²) < 4.78 is 6.56. The molecule has 0 amide bonds. The van der Waals surface area contributed by atoms with Crippen molar-refractivity contribution in [3.05, 3.63) is 27.7 Å². The molecular weight excluding hydrogens is 265 g/mol. The van der Waals surface area contributed by atoms with Crippen LogP contribution in [0, 0.1) is 0 Å². The van der Waals surface area contributed by atoms with Gasteiger partial charge in [-0.15, -0.1) is 0 Å². The molecule has 1 fully saturated rings. The normalized spacial score (nSPS) is 25.6. The third-order valence-corrected chi connectivity index (χ3v) is 3.56. The Kier molecular flexibility index (Phi) is 3.00. The summed E-state index contributed by atoms with van der Waals surface area (Å²) in [7, 11) is 0. The van der Waals surface area contributed by atoms with Crippen molar-refractivity contribution in [2.24, 2.45) is 5.73 Å². The Morgan fingerprint density at radius 3 is 2.71 bits per heavy atom. The highest BCUT2D eigenvalue weighted by molar-refractivity contribution is 9.10. The minimum absolute atomic E-state index is 0.266. The quantitative estimate of drug-likeness (QED) is 0.901. The number of benzene rings is 1. The first-order chi connectivity index (χ1) is 6.65. The van der Waals surface area contributed by atoms with Gasteiger partial charge in [-0.25, -0.2) is 0 Å². The van der Waals surface area contributed by atoms with Crippen LogP contribution in [0.5, 0.6) is 5.75 Å². The molecule has 1 aliphatic rings. The van der Waals surface area contributed by atoms with Crippen LogP contribution in [-0.2, 0) is 0 Å². The summed E-state index contributed by atoms with van der Waals surface area (Å²) in [5.41, 5.74) is 5.66. The van der Waals surface area contributed by atoms with Gasteiger partial charge in [0.2, 0.25) is 0 Å². The number of rotatable bonds is 2. The fourth-order valence-corrected chi connectivity index (χ4v) is 1.86. The molecule has 0 aliphatic heterocycles. The van der Waals surface area contributed by atoms with E-state index >= 15 is 0 Å². The van der Waals surface area contributed by atoms with Crippen molar-refractivity contribution in [1.82, 2.24) is 0 Å². The number of hydrogen-bond donors (Lipinski definition) is 1. The molecule has 1 saturated carbocycles. The van der Waals surface area contributed by atoms with Gasteiger partial charge in [0.15, 0.2) is 0 Å². The van der Waals surface area contributed by atoms with Crippen molar-refractivity contribution in [1.29, 1.82) is 0 Å². The fourth-order valence-electron chi connectivity index (χ4n) is 1.45. The zero-order valence-corrected chi connectivity index (χ0v) is 9.88. The second-order valence-electron chi connectivity index (χ2n) is 3.55. The van der Waals surface area contributed by atoms with Gasteiger partial charge in [-0.2, -0.15) is 0 Å². The lowest BCUT2D eigenvalue weighted by atomic mass is 9.90. The summed E-state index contributed by atoms with van der Waals surface area (Å²) in [5, 5.41) is 0.672. The van der Waals surface area contributed by atoms with Gasteiger partial charge < -0.3 is 10.5 Å². The Labute approximate surface area is 96.5 Å². The topological polar surface area (TPSA) is 35.2 Å².